The van der Waals surface area contributed by atoms with Crippen molar-refractivity contribution in [2.75, 3.05) is 6.54 Å². The van der Waals surface area contributed by atoms with Crippen LogP contribution in [0.25, 0.3) is 0 Å². The molecule has 0 bridgehead atoms. The van der Waals surface area contributed by atoms with Gasteiger partial charge in [-0.1, -0.05) is 30.3 Å². The van der Waals surface area contributed by atoms with Crippen LogP contribution < -0.4 is 0 Å². The van der Waals surface area contributed by atoms with E-state index < -0.39 is 5.97 Å². The lowest BCUT2D eigenvalue weighted by atomic mass is 10.0. The van der Waals surface area contributed by atoms with Crippen molar-refractivity contribution in [3.63, 3.8) is 0 Å². The van der Waals surface area contributed by atoms with Crippen molar-refractivity contribution < 1.29 is 19.4 Å². The van der Waals surface area contributed by atoms with Crippen LogP contribution in [0.4, 0.5) is 4.79 Å². The van der Waals surface area contributed by atoms with Gasteiger partial charge in [-0.25, -0.2) is 4.79 Å². The number of amides is 1. The van der Waals surface area contributed by atoms with Crippen LogP contribution in [0.5, 0.6) is 0 Å². The third-order valence-corrected chi connectivity index (χ3v) is 3.56. The van der Waals surface area contributed by atoms with Crippen molar-refractivity contribution in [1.29, 1.82) is 0 Å². The number of carboxylic acids is 1. The van der Waals surface area contributed by atoms with E-state index in [1.807, 2.05) is 37.3 Å². The average molecular weight is 277 g/mol. The SMILES string of the molecule is CC1CC(CC(=O)O)CN1C(=O)OCc1ccccc1. The molecule has 0 aliphatic carbocycles. The Morgan fingerprint density at radius 3 is 2.70 bits per heavy atom. The first-order chi connectivity index (χ1) is 9.56. The standard InChI is InChI=1S/C15H19NO4/c1-11-7-13(8-14(17)18)9-16(11)15(19)20-10-12-5-3-2-4-6-12/h2-6,11,13H,7-10H2,1H3,(H,17,18). The number of aliphatic carboxylic acids is 1. The molecule has 1 amide bonds. The van der Waals surface area contributed by atoms with E-state index >= 15 is 0 Å². The summed E-state index contributed by atoms with van der Waals surface area (Å²) in [7, 11) is 0. The minimum Gasteiger partial charge on any atom is -0.481 e. The predicted octanol–water partition coefficient (Wildman–Crippen LogP) is 2.51. The molecule has 20 heavy (non-hydrogen) atoms. The summed E-state index contributed by atoms with van der Waals surface area (Å²) in [5, 5.41) is 8.80. The zero-order valence-corrected chi connectivity index (χ0v) is 11.5. The molecule has 1 aromatic rings. The Labute approximate surface area is 118 Å². The predicted molar refractivity (Wildman–Crippen MR) is 73.2 cm³/mol. The van der Waals surface area contributed by atoms with Gasteiger partial charge in [-0.3, -0.25) is 4.79 Å². The molecule has 1 N–H and O–H groups in total. The summed E-state index contributed by atoms with van der Waals surface area (Å²) in [6.07, 6.45) is 0.453. The van der Waals surface area contributed by atoms with E-state index in [0.29, 0.717) is 13.0 Å². The van der Waals surface area contributed by atoms with Crippen molar-refractivity contribution in [2.45, 2.75) is 32.4 Å². The third-order valence-electron chi connectivity index (χ3n) is 3.56. The van der Waals surface area contributed by atoms with Crippen LogP contribution in [-0.2, 0) is 16.1 Å². The van der Waals surface area contributed by atoms with Gasteiger partial charge in [0.25, 0.3) is 0 Å². The van der Waals surface area contributed by atoms with Crippen molar-refractivity contribution in [3.05, 3.63) is 35.9 Å². The monoisotopic (exact) mass is 277 g/mol. The molecule has 1 fully saturated rings. The summed E-state index contributed by atoms with van der Waals surface area (Å²) in [4.78, 5) is 24.4. The number of likely N-dealkylation sites (tertiary alicyclic amines) is 1. The van der Waals surface area contributed by atoms with E-state index in [0.717, 1.165) is 5.56 Å². The van der Waals surface area contributed by atoms with E-state index in [4.69, 9.17) is 9.84 Å². The van der Waals surface area contributed by atoms with Crippen molar-refractivity contribution in [2.24, 2.45) is 5.92 Å². The topological polar surface area (TPSA) is 66.8 Å². The first-order valence-corrected chi connectivity index (χ1v) is 6.75. The van der Waals surface area contributed by atoms with Crippen LogP contribution in [0.2, 0.25) is 0 Å². The van der Waals surface area contributed by atoms with E-state index in [1.165, 1.54) is 0 Å². The van der Waals surface area contributed by atoms with Gasteiger partial charge < -0.3 is 14.7 Å². The van der Waals surface area contributed by atoms with Gasteiger partial charge in [0.05, 0.1) is 0 Å². The summed E-state index contributed by atoms with van der Waals surface area (Å²) in [5.74, 6) is -0.798. The Morgan fingerprint density at radius 2 is 2.05 bits per heavy atom. The van der Waals surface area contributed by atoms with E-state index in [2.05, 4.69) is 0 Å². The number of carboxylic acid groups (broad SMARTS) is 1. The number of nitrogens with zero attached hydrogens (tertiary/aromatic N) is 1. The summed E-state index contributed by atoms with van der Waals surface area (Å²) >= 11 is 0. The van der Waals surface area contributed by atoms with Crippen LogP contribution in [0.3, 0.4) is 0 Å². The number of rotatable bonds is 4. The van der Waals surface area contributed by atoms with Gasteiger partial charge in [-0.2, -0.15) is 0 Å². The zero-order chi connectivity index (χ0) is 14.5. The first-order valence-electron chi connectivity index (χ1n) is 6.75. The lowest BCUT2D eigenvalue weighted by Gasteiger charge is -2.20. The molecular weight excluding hydrogens is 258 g/mol. The summed E-state index contributed by atoms with van der Waals surface area (Å²) in [6, 6.07) is 9.52. The number of hydrogen-bond acceptors (Lipinski definition) is 3. The number of carbonyl (C=O) groups is 2. The fraction of sp³-hybridized carbons (Fsp3) is 0.467. The number of benzene rings is 1. The molecule has 1 aliphatic heterocycles. The van der Waals surface area contributed by atoms with Crippen molar-refractivity contribution >= 4 is 12.1 Å². The second-order valence-corrected chi connectivity index (χ2v) is 5.24. The molecule has 2 rings (SSSR count). The molecule has 1 saturated heterocycles. The van der Waals surface area contributed by atoms with Crippen LogP contribution >= 0.6 is 0 Å². The Balaban J connectivity index is 1.85. The van der Waals surface area contributed by atoms with E-state index in [-0.39, 0.29) is 31.1 Å². The molecule has 0 spiro atoms. The van der Waals surface area contributed by atoms with Crippen molar-refractivity contribution in [1.82, 2.24) is 4.90 Å². The number of hydrogen-bond donors (Lipinski definition) is 1. The van der Waals surface area contributed by atoms with Crippen LogP contribution in [0.1, 0.15) is 25.3 Å². The largest absolute Gasteiger partial charge is 0.481 e. The number of ether oxygens (including phenoxy) is 1. The molecular formula is C15H19NO4. The molecule has 1 aliphatic rings. The quantitative estimate of drug-likeness (QED) is 0.918. The van der Waals surface area contributed by atoms with Gasteiger partial charge in [-0.05, 0) is 24.8 Å². The number of carbonyl (C=O) groups excluding carboxylic acids is 1. The summed E-state index contributed by atoms with van der Waals surface area (Å²) in [5.41, 5.74) is 0.940. The van der Waals surface area contributed by atoms with Gasteiger partial charge in [0.1, 0.15) is 6.61 Å². The second kappa shape index (κ2) is 6.41. The zero-order valence-electron chi connectivity index (χ0n) is 11.5. The normalized spacial score (nSPS) is 21.8. The first kappa shape index (κ1) is 14.4. The van der Waals surface area contributed by atoms with Gasteiger partial charge >= 0.3 is 12.1 Å². The highest BCUT2D eigenvalue weighted by molar-refractivity contribution is 5.70. The Hall–Kier alpha value is -2.04. The van der Waals surface area contributed by atoms with Gasteiger partial charge in [0.15, 0.2) is 0 Å². The highest BCUT2D eigenvalue weighted by atomic mass is 16.6. The maximum atomic E-state index is 12.0. The van der Waals surface area contributed by atoms with Crippen molar-refractivity contribution in [3.8, 4) is 0 Å². The Bertz CT molecular complexity index is 474. The fourth-order valence-electron chi connectivity index (χ4n) is 2.59. The van der Waals surface area contributed by atoms with Gasteiger partial charge in [0.2, 0.25) is 0 Å². The molecule has 0 radical (unpaired) electrons. The highest BCUT2D eigenvalue weighted by Crippen LogP contribution is 2.26. The minimum absolute atomic E-state index is 0.0202. The van der Waals surface area contributed by atoms with Gasteiger partial charge in [-0.15, -0.1) is 0 Å². The second-order valence-electron chi connectivity index (χ2n) is 5.24. The highest BCUT2D eigenvalue weighted by Gasteiger charge is 2.34. The lowest BCUT2D eigenvalue weighted by Crippen LogP contribution is -2.34. The smallest absolute Gasteiger partial charge is 0.410 e. The molecule has 2 atom stereocenters. The van der Waals surface area contributed by atoms with Gasteiger partial charge in [0, 0.05) is 19.0 Å². The average Bonchev–Trinajstić information content (AvgIpc) is 2.77. The molecule has 5 heteroatoms. The summed E-state index contributed by atoms with van der Waals surface area (Å²) < 4.78 is 5.28. The maximum absolute atomic E-state index is 12.0. The Kier molecular flexibility index (Phi) is 4.61. The summed E-state index contributed by atoms with van der Waals surface area (Å²) in [6.45, 7) is 2.62. The molecule has 108 valence electrons. The maximum Gasteiger partial charge on any atom is 0.410 e. The molecule has 1 aromatic carbocycles. The minimum atomic E-state index is -0.818. The molecule has 2 unspecified atom stereocenters. The molecule has 0 aromatic heterocycles. The van der Waals surface area contributed by atoms with E-state index in [1.54, 1.807) is 4.90 Å². The molecule has 5 nitrogen and oxygen atoms in total. The fourth-order valence-corrected chi connectivity index (χ4v) is 2.59. The van der Waals surface area contributed by atoms with Crippen LogP contribution in [0.15, 0.2) is 30.3 Å². The van der Waals surface area contributed by atoms with E-state index in [9.17, 15) is 9.59 Å². The van der Waals surface area contributed by atoms with Crippen LogP contribution in [-0.4, -0.2) is 34.7 Å². The third kappa shape index (κ3) is 3.73. The van der Waals surface area contributed by atoms with Crippen LogP contribution in [0, 0.1) is 5.92 Å². The lowest BCUT2D eigenvalue weighted by molar-refractivity contribution is -0.138. The Morgan fingerprint density at radius 1 is 1.35 bits per heavy atom. The molecule has 0 saturated carbocycles. The molecule has 1 heterocycles.